The number of para-hydroxylation sites is 1. The summed E-state index contributed by atoms with van der Waals surface area (Å²) in [5.74, 6) is -1.43. The predicted octanol–water partition coefficient (Wildman–Crippen LogP) is 5.66. The third-order valence-electron chi connectivity index (χ3n) is 6.16. The molecule has 2 aliphatic heterocycles. The molecule has 162 valence electrons. The molecule has 3 atom stereocenters. The number of imide groups is 1. The number of anilines is 2. The lowest BCUT2D eigenvalue weighted by Crippen LogP contribution is -2.37. The zero-order valence-electron chi connectivity index (χ0n) is 17.5. The number of carbonyl (C=O) groups excluding carboxylic acids is 2. The van der Waals surface area contributed by atoms with E-state index >= 15 is 0 Å². The van der Waals surface area contributed by atoms with Gasteiger partial charge in [0.1, 0.15) is 5.92 Å². The highest BCUT2D eigenvalue weighted by atomic mass is 35.5. The average Bonchev–Trinajstić information content (AvgIpc) is 3.27. The van der Waals surface area contributed by atoms with E-state index in [1.54, 1.807) is 29.3 Å². The molecule has 2 heterocycles. The van der Waals surface area contributed by atoms with E-state index in [4.69, 9.17) is 28.0 Å². The molecular formula is C25H20Cl2N2O3. The second-order valence-electron chi connectivity index (χ2n) is 8.10. The number of carbonyl (C=O) groups is 2. The van der Waals surface area contributed by atoms with Crippen molar-refractivity contribution in [2.24, 2.45) is 5.92 Å². The SMILES string of the molecule is Cc1ccc(N2C(=O)[C@H]3[C@@H](c4ccc(Cl)cc4Cl)N(c4ccccc4)O[C@H]3C2=O)cc1C. The average molecular weight is 467 g/mol. The highest BCUT2D eigenvalue weighted by molar-refractivity contribution is 6.35. The van der Waals surface area contributed by atoms with E-state index in [1.165, 1.54) is 4.90 Å². The Bertz CT molecular complexity index is 1230. The third-order valence-corrected chi connectivity index (χ3v) is 6.72. The summed E-state index contributed by atoms with van der Waals surface area (Å²) in [4.78, 5) is 34.4. The number of amides is 2. The van der Waals surface area contributed by atoms with Crippen molar-refractivity contribution >= 4 is 46.4 Å². The Morgan fingerprint density at radius 1 is 0.812 bits per heavy atom. The van der Waals surface area contributed by atoms with Gasteiger partial charge in [-0.1, -0.05) is 53.5 Å². The molecule has 2 fully saturated rings. The van der Waals surface area contributed by atoms with Crippen LogP contribution in [0.4, 0.5) is 11.4 Å². The molecule has 2 amide bonds. The maximum Gasteiger partial charge on any atom is 0.266 e. The summed E-state index contributed by atoms with van der Waals surface area (Å²) in [5, 5.41) is 2.53. The molecule has 32 heavy (non-hydrogen) atoms. The smallest absolute Gasteiger partial charge is 0.266 e. The summed E-state index contributed by atoms with van der Waals surface area (Å²) in [6, 6.07) is 19.5. The van der Waals surface area contributed by atoms with Gasteiger partial charge in [-0.2, -0.15) is 0 Å². The van der Waals surface area contributed by atoms with E-state index in [1.807, 2.05) is 56.3 Å². The number of aryl methyl sites for hydroxylation is 2. The topological polar surface area (TPSA) is 49.9 Å². The van der Waals surface area contributed by atoms with E-state index in [-0.39, 0.29) is 11.8 Å². The minimum absolute atomic E-state index is 0.308. The monoisotopic (exact) mass is 466 g/mol. The molecule has 7 heteroatoms. The molecule has 2 saturated heterocycles. The second-order valence-corrected chi connectivity index (χ2v) is 8.95. The maximum absolute atomic E-state index is 13.7. The summed E-state index contributed by atoms with van der Waals surface area (Å²) in [6.07, 6.45) is -0.943. The Morgan fingerprint density at radius 3 is 2.25 bits per heavy atom. The lowest BCUT2D eigenvalue weighted by atomic mass is 9.90. The standard InChI is InChI=1S/C25H20Cl2N2O3/c1-14-8-10-18(12-15(14)2)28-24(30)21-22(19-11-9-16(26)13-20(19)27)29(32-23(21)25(28)31)17-6-4-3-5-7-17/h3-13,21-23H,1-2H3/t21-,22+,23+/m0/s1. The number of benzene rings is 3. The summed E-state index contributed by atoms with van der Waals surface area (Å²) in [6.45, 7) is 3.94. The fourth-order valence-electron chi connectivity index (χ4n) is 4.39. The Morgan fingerprint density at radius 2 is 1.56 bits per heavy atom. The van der Waals surface area contributed by atoms with Crippen LogP contribution in [-0.4, -0.2) is 17.9 Å². The van der Waals surface area contributed by atoms with Crippen molar-refractivity contribution in [3.8, 4) is 0 Å². The zero-order chi connectivity index (χ0) is 22.6. The lowest BCUT2D eigenvalue weighted by Gasteiger charge is -2.29. The molecule has 0 saturated carbocycles. The van der Waals surface area contributed by atoms with Crippen molar-refractivity contribution in [2.75, 3.05) is 9.96 Å². The first-order valence-corrected chi connectivity index (χ1v) is 11.0. The minimum Gasteiger partial charge on any atom is -0.273 e. The Hall–Kier alpha value is -2.86. The number of hydrogen-bond acceptors (Lipinski definition) is 4. The van der Waals surface area contributed by atoms with Gasteiger partial charge in [-0.25, -0.2) is 9.96 Å². The normalized spacial score (nSPS) is 22.6. The molecule has 0 bridgehead atoms. The van der Waals surface area contributed by atoms with Gasteiger partial charge in [0.15, 0.2) is 6.10 Å². The van der Waals surface area contributed by atoms with Crippen LogP contribution in [-0.2, 0) is 14.4 Å². The number of nitrogens with zero attached hydrogens (tertiary/aromatic N) is 2. The molecule has 5 rings (SSSR count). The third kappa shape index (κ3) is 3.28. The number of fused-ring (bicyclic) bond motifs is 1. The largest absolute Gasteiger partial charge is 0.273 e. The molecule has 5 nitrogen and oxygen atoms in total. The summed E-state index contributed by atoms with van der Waals surface area (Å²) in [5.41, 5.74) is 4.05. The quantitative estimate of drug-likeness (QED) is 0.467. The predicted molar refractivity (Wildman–Crippen MR) is 125 cm³/mol. The van der Waals surface area contributed by atoms with Crippen LogP contribution in [0.5, 0.6) is 0 Å². The zero-order valence-corrected chi connectivity index (χ0v) is 19.0. The van der Waals surface area contributed by atoms with Gasteiger partial charge in [0, 0.05) is 10.0 Å². The van der Waals surface area contributed by atoms with Crippen LogP contribution in [0, 0.1) is 19.8 Å². The van der Waals surface area contributed by atoms with Crippen molar-refractivity contribution in [3.05, 3.63) is 93.5 Å². The van der Waals surface area contributed by atoms with Crippen LogP contribution < -0.4 is 9.96 Å². The van der Waals surface area contributed by atoms with Crippen molar-refractivity contribution in [2.45, 2.75) is 26.0 Å². The Kier molecular flexibility index (Phi) is 5.20. The Balaban J connectivity index is 1.61. The Labute approximate surface area is 196 Å². The van der Waals surface area contributed by atoms with Gasteiger partial charge in [-0.05, 0) is 66.9 Å². The number of hydrogen-bond donors (Lipinski definition) is 0. The first kappa shape index (κ1) is 21.0. The molecule has 0 spiro atoms. The van der Waals surface area contributed by atoms with Crippen molar-refractivity contribution in [1.82, 2.24) is 0 Å². The van der Waals surface area contributed by atoms with Gasteiger partial charge >= 0.3 is 0 Å². The fraction of sp³-hybridized carbons (Fsp3) is 0.200. The molecular weight excluding hydrogens is 447 g/mol. The summed E-state index contributed by atoms with van der Waals surface area (Å²) in [7, 11) is 0. The maximum atomic E-state index is 13.7. The van der Waals surface area contributed by atoms with E-state index in [2.05, 4.69) is 0 Å². The first-order valence-electron chi connectivity index (χ1n) is 10.3. The lowest BCUT2D eigenvalue weighted by molar-refractivity contribution is -0.126. The van der Waals surface area contributed by atoms with Gasteiger partial charge in [0.25, 0.3) is 5.91 Å². The van der Waals surface area contributed by atoms with Gasteiger partial charge in [0.2, 0.25) is 5.91 Å². The molecule has 0 unspecified atom stereocenters. The van der Waals surface area contributed by atoms with E-state index in [9.17, 15) is 9.59 Å². The molecule has 3 aromatic carbocycles. The van der Waals surface area contributed by atoms with Crippen LogP contribution >= 0.6 is 23.2 Å². The van der Waals surface area contributed by atoms with E-state index in [0.29, 0.717) is 21.3 Å². The molecule has 0 aromatic heterocycles. The molecule has 0 N–H and O–H groups in total. The summed E-state index contributed by atoms with van der Waals surface area (Å²) >= 11 is 12.7. The first-order chi connectivity index (χ1) is 15.4. The highest BCUT2D eigenvalue weighted by Gasteiger charge is 2.60. The number of rotatable bonds is 3. The molecule has 2 aliphatic rings. The molecule has 0 aliphatic carbocycles. The van der Waals surface area contributed by atoms with Gasteiger partial charge in [0.05, 0.1) is 17.4 Å². The van der Waals surface area contributed by atoms with Crippen LogP contribution in [0.2, 0.25) is 10.0 Å². The fourth-order valence-corrected chi connectivity index (χ4v) is 4.91. The number of hydroxylamine groups is 1. The molecule has 3 aromatic rings. The summed E-state index contributed by atoms with van der Waals surface area (Å²) < 4.78 is 0. The molecule has 0 radical (unpaired) electrons. The highest BCUT2D eigenvalue weighted by Crippen LogP contribution is 2.49. The minimum atomic E-state index is -0.943. The van der Waals surface area contributed by atoms with Crippen LogP contribution in [0.25, 0.3) is 0 Å². The van der Waals surface area contributed by atoms with Crippen molar-refractivity contribution < 1.29 is 14.4 Å². The van der Waals surface area contributed by atoms with E-state index < -0.39 is 18.1 Å². The number of halogens is 2. The van der Waals surface area contributed by atoms with Crippen LogP contribution in [0.3, 0.4) is 0 Å². The van der Waals surface area contributed by atoms with Gasteiger partial charge in [-0.3, -0.25) is 14.4 Å². The van der Waals surface area contributed by atoms with Gasteiger partial charge in [-0.15, -0.1) is 0 Å². The van der Waals surface area contributed by atoms with Crippen LogP contribution in [0.1, 0.15) is 22.7 Å². The van der Waals surface area contributed by atoms with Gasteiger partial charge < -0.3 is 0 Å². The van der Waals surface area contributed by atoms with Crippen LogP contribution in [0.15, 0.2) is 66.7 Å². The second kappa shape index (κ2) is 7.93. The van der Waals surface area contributed by atoms with Crippen molar-refractivity contribution in [3.63, 3.8) is 0 Å². The van der Waals surface area contributed by atoms with Crippen molar-refractivity contribution in [1.29, 1.82) is 0 Å². The van der Waals surface area contributed by atoms with E-state index in [0.717, 1.165) is 16.8 Å².